The van der Waals surface area contributed by atoms with Crippen LogP contribution in [-0.2, 0) is 4.74 Å². The molecule has 0 saturated heterocycles. The fourth-order valence-electron chi connectivity index (χ4n) is 3.48. The molecular formula is C25H22N4O2. The molecule has 0 radical (unpaired) electrons. The van der Waals surface area contributed by atoms with E-state index in [1.807, 2.05) is 67.5 Å². The van der Waals surface area contributed by atoms with Gasteiger partial charge in [0.05, 0.1) is 0 Å². The maximum absolute atomic E-state index is 6.17. The lowest BCUT2D eigenvalue weighted by Gasteiger charge is -2.18. The van der Waals surface area contributed by atoms with Gasteiger partial charge in [-0.1, -0.05) is 53.6 Å². The average molecular weight is 410 g/mol. The summed E-state index contributed by atoms with van der Waals surface area (Å²) in [6.45, 7) is 4.11. The number of nitrogens with zero attached hydrogens (tertiary/aromatic N) is 4. The second kappa shape index (κ2) is 7.72. The summed E-state index contributed by atoms with van der Waals surface area (Å²) >= 11 is 0. The van der Waals surface area contributed by atoms with Crippen LogP contribution in [0.15, 0.2) is 82.3 Å². The highest BCUT2D eigenvalue weighted by Gasteiger charge is 2.27. The van der Waals surface area contributed by atoms with Crippen LogP contribution in [-0.4, -0.2) is 28.2 Å². The van der Waals surface area contributed by atoms with Crippen LogP contribution in [0.4, 0.5) is 0 Å². The summed E-state index contributed by atoms with van der Waals surface area (Å²) in [6.07, 6.45) is -0.254. The zero-order chi connectivity index (χ0) is 21.4. The standard InChI is InChI=1S/C25H22N4O2/c1-16-7-11-18(12-8-16)22-26-27-23(30-22)20-5-4-6-21(15-20)24-28-29(3)25(31-24)19-13-9-17(2)10-14-19/h4-15,25H,1-3H3. The van der Waals surface area contributed by atoms with Crippen molar-refractivity contribution in [3.8, 4) is 22.9 Å². The number of benzene rings is 3. The second-order valence-electron chi connectivity index (χ2n) is 7.72. The number of hydrogen-bond donors (Lipinski definition) is 0. The monoisotopic (exact) mass is 410 g/mol. The zero-order valence-electron chi connectivity index (χ0n) is 17.6. The Morgan fingerprint density at radius 1 is 0.742 bits per heavy atom. The first-order valence-corrected chi connectivity index (χ1v) is 10.1. The maximum Gasteiger partial charge on any atom is 0.248 e. The molecule has 0 bridgehead atoms. The number of aromatic nitrogens is 2. The molecule has 154 valence electrons. The van der Waals surface area contributed by atoms with Gasteiger partial charge >= 0.3 is 0 Å². The van der Waals surface area contributed by atoms with E-state index in [2.05, 4.69) is 46.5 Å². The topological polar surface area (TPSA) is 63.8 Å². The van der Waals surface area contributed by atoms with Gasteiger partial charge in [0.1, 0.15) is 0 Å². The van der Waals surface area contributed by atoms with Crippen molar-refractivity contribution in [3.05, 3.63) is 95.1 Å². The van der Waals surface area contributed by atoms with Crippen molar-refractivity contribution >= 4 is 5.90 Å². The largest absolute Gasteiger partial charge is 0.446 e. The molecule has 0 fully saturated rings. The highest BCUT2D eigenvalue weighted by Crippen LogP contribution is 2.30. The van der Waals surface area contributed by atoms with E-state index in [9.17, 15) is 0 Å². The van der Waals surface area contributed by atoms with Crippen LogP contribution >= 0.6 is 0 Å². The first-order valence-electron chi connectivity index (χ1n) is 10.1. The van der Waals surface area contributed by atoms with Gasteiger partial charge < -0.3 is 9.15 Å². The van der Waals surface area contributed by atoms with Crippen molar-refractivity contribution in [2.75, 3.05) is 7.05 Å². The molecule has 1 aliphatic heterocycles. The molecule has 3 aromatic carbocycles. The van der Waals surface area contributed by atoms with Gasteiger partial charge in [-0.2, -0.15) is 0 Å². The number of hydrazone groups is 1. The Bertz CT molecular complexity index is 1240. The molecular weight excluding hydrogens is 388 g/mol. The molecule has 6 heteroatoms. The molecule has 0 spiro atoms. The molecule has 1 unspecified atom stereocenters. The average Bonchev–Trinajstić information content (AvgIpc) is 3.42. The van der Waals surface area contributed by atoms with Gasteiger partial charge in [0.25, 0.3) is 0 Å². The Kier molecular flexibility index (Phi) is 4.75. The van der Waals surface area contributed by atoms with E-state index in [4.69, 9.17) is 9.15 Å². The summed E-state index contributed by atoms with van der Waals surface area (Å²) in [6, 6.07) is 24.1. The Morgan fingerprint density at radius 2 is 1.35 bits per heavy atom. The summed E-state index contributed by atoms with van der Waals surface area (Å²) < 4.78 is 12.1. The molecule has 4 aromatic rings. The van der Waals surface area contributed by atoms with Crippen molar-refractivity contribution in [1.82, 2.24) is 15.2 Å². The summed E-state index contributed by atoms with van der Waals surface area (Å²) in [4.78, 5) is 0. The smallest absolute Gasteiger partial charge is 0.248 e. The SMILES string of the molecule is Cc1ccc(-c2nnc(-c3cccc(C4=NN(C)C(c5ccc(C)cc5)O4)c3)o2)cc1. The quantitative estimate of drug-likeness (QED) is 0.454. The minimum absolute atomic E-state index is 0.254. The van der Waals surface area contributed by atoms with Gasteiger partial charge in [-0.15, -0.1) is 15.3 Å². The predicted octanol–water partition coefficient (Wildman–Crippen LogP) is 5.34. The highest BCUT2D eigenvalue weighted by atomic mass is 16.5. The molecule has 0 aliphatic carbocycles. The first-order chi connectivity index (χ1) is 15.1. The summed E-state index contributed by atoms with van der Waals surface area (Å²) in [5, 5.41) is 14.9. The lowest BCUT2D eigenvalue weighted by molar-refractivity contribution is 0.0779. The van der Waals surface area contributed by atoms with E-state index in [1.165, 1.54) is 11.1 Å². The Hall–Kier alpha value is -3.93. The van der Waals surface area contributed by atoms with E-state index in [1.54, 1.807) is 0 Å². The fraction of sp³-hybridized carbons (Fsp3) is 0.160. The number of aryl methyl sites for hydroxylation is 2. The van der Waals surface area contributed by atoms with Gasteiger partial charge in [0, 0.05) is 29.3 Å². The molecule has 2 heterocycles. The van der Waals surface area contributed by atoms with E-state index in [0.717, 1.165) is 22.3 Å². The maximum atomic E-state index is 6.17. The van der Waals surface area contributed by atoms with Gasteiger partial charge in [0.2, 0.25) is 23.9 Å². The Balaban J connectivity index is 1.39. The van der Waals surface area contributed by atoms with Crippen molar-refractivity contribution in [2.24, 2.45) is 5.10 Å². The first kappa shape index (κ1) is 19.1. The number of ether oxygens (including phenoxy) is 1. The molecule has 0 saturated carbocycles. The third kappa shape index (κ3) is 3.80. The molecule has 6 nitrogen and oxygen atoms in total. The summed E-state index contributed by atoms with van der Waals surface area (Å²) in [7, 11) is 1.91. The van der Waals surface area contributed by atoms with Crippen LogP contribution in [0, 0.1) is 13.8 Å². The molecule has 1 aliphatic rings. The lowest BCUT2D eigenvalue weighted by Crippen LogP contribution is -2.15. The lowest BCUT2D eigenvalue weighted by atomic mass is 10.1. The molecule has 0 amide bonds. The van der Waals surface area contributed by atoms with Crippen LogP contribution in [0.2, 0.25) is 0 Å². The van der Waals surface area contributed by atoms with E-state index >= 15 is 0 Å². The van der Waals surface area contributed by atoms with Crippen LogP contribution in [0.1, 0.15) is 28.5 Å². The predicted molar refractivity (Wildman–Crippen MR) is 119 cm³/mol. The summed E-state index contributed by atoms with van der Waals surface area (Å²) in [5.41, 5.74) is 6.02. The van der Waals surface area contributed by atoms with E-state index in [-0.39, 0.29) is 6.23 Å². The van der Waals surface area contributed by atoms with Gasteiger partial charge in [-0.3, -0.25) is 5.01 Å². The fourth-order valence-corrected chi connectivity index (χ4v) is 3.48. The van der Waals surface area contributed by atoms with Crippen molar-refractivity contribution < 1.29 is 9.15 Å². The second-order valence-corrected chi connectivity index (χ2v) is 7.72. The molecule has 1 aromatic heterocycles. The number of rotatable bonds is 4. The Labute approximate surface area is 180 Å². The van der Waals surface area contributed by atoms with Gasteiger partial charge in [-0.05, 0) is 44.2 Å². The Morgan fingerprint density at radius 3 is 2.06 bits per heavy atom. The van der Waals surface area contributed by atoms with Crippen LogP contribution < -0.4 is 0 Å². The highest BCUT2D eigenvalue weighted by molar-refractivity contribution is 5.95. The third-order valence-electron chi connectivity index (χ3n) is 5.25. The van der Waals surface area contributed by atoms with Crippen LogP contribution in [0.5, 0.6) is 0 Å². The molecule has 0 N–H and O–H groups in total. The van der Waals surface area contributed by atoms with Gasteiger partial charge in [0.15, 0.2) is 0 Å². The van der Waals surface area contributed by atoms with Crippen molar-refractivity contribution in [3.63, 3.8) is 0 Å². The molecule has 1 atom stereocenters. The van der Waals surface area contributed by atoms with E-state index in [0.29, 0.717) is 17.7 Å². The third-order valence-corrected chi connectivity index (χ3v) is 5.25. The van der Waals surface area contributed by atoms with Gasteiger partial charge in [-0.25, -0.2) is 0 Å². The zero-order valence-corrected chi connectivity index (χ0v) is 17.6. The molecule has 31 heavy (non-hydrogen) atoms. The van der Waals surface area contributed by atoms with Crippen molar-refractivity contribution in [2.45, 2.75) is 20.1 Å². The number of hydrogen-bond acceptors (Lipinski definition) is 6. The minimum atomic E-state index is -0.254. The summed E-state index contributed by atoms with van der Waals surface area (Å²) in [5.74, 6) is 1.52. The minimum Gasteiger partial charge on any atom is -0.446 e. The van der Waals surface area contributed by atoms with Crippen LogP contribution in [0.3, 0.4) is 0 Å². The van der Waals surface area contributed by atoms with Crippen molar-refractivity contribution in [1.29, 1.82) is 0 Å². The van der Waals surface area contributed by atoms with E-state index < -0.39 is 0 Å². The van der Waals surface area contributed by atoms with Crippen LogP contribution in [0.25, 0.3) is 22.9 Å². The molecule has 5 rings (SSSR count). The normalized spacial score (nSPS) is 15.6.